The molecule has 2 aromatic rings. The van der Waals surface area contributed by atoms with Crippen LogP contribution < -0.4 is 5.73 Å². The molecule has 0 aliphatic carbocycles. The summed E-state index contributed by atoms with van der Waals surface area (Å²) in [7, 11) is 0. The largest absolute Gasteiger partial charge is 0.399 e. The summed E-state index contributed by atoms with van der Waals surface area (Å²) in [4.78, 5) is 4.39. The summed E-state index contributed by atoms with van der Waals surface area (Å²) in [6, 6.07) is 5.89. The van der Waals surface area contributed by atoms with Gasteiger partial charge in [-0.1, -0.05) is 0 Å². The van der Waals surface area contributed by atoms with Crippen molar-refractivity contribution < 1.29 is 4.74 Å². The van der Waals surface area contributed by atoms with Crippen molar-refractivity contribution in [1.29, 1.82) is 0 Å². The topological polar surface area (TPSA) is 53.1 Å². The van der Waals surface area contributed by atoms with Gasteiger partial charge in [-0.2, -0.15) is 0 Å². The summed E-state index contributed by atoms with van der Waals surface area (Å²) in [5, 5.41) is 0. The number of ether oxygens (including phenoxy) is 1. The van der Waals surface area contributed by atoms with Gasteiger partial charge in [0.05, 0.1) is 23.5 Å². The van der Waals surface area contributed by atoms with Crippen LogP contribution in [0.5, 0.6) is 0 Å². The molecule has 3 rings (SSSR count). The number of hydrogen-bond donors (Lipinski definition) is 1. The molecule has 0 bridgehead atoms. The van der Waals surface area contributed by atoms with E-state index in [4.69, 9.17) is 10.5 Å². The quantitative estimate of drug-likeness (QED) is 0.846. The lowest BCUT2D eigenvalue weighted by Crippen LogP contribution is -2.20. The van der Waals surface area contributed by atoms with Gasteiger partial charge >= 0.3 is 0 Å². The van der Waals surface area contributed by atoms with Crippen LogP contribution in [0, 0.1) is 0 Å². The molecule has 1 aliphatic rings. The summed E-state index contributed by atoms with van der Waals surface area (Å²) >= 11 is 0. The number of nitrogens with zero attached hydrogens (tertiary/aromatic N) is 2. The Hall–Kier alpha value is -1.55. The molecule has 1 atom stereocenters. The second kappa shape index (κ2) is 4.98. The van der Waals surface area contributed by atoms with Gasteiger partial charge in [0.25, 0.3) is 0 Å². The normalized spacial score (nSPS) is 20.3. The highest BCUT2D eigenvalue weighted by molar-refractivity contribution is 5.78. The minimum atomic E-state index is 0.421. The number of nitrogen functional groups attached to an aromatic ring is 1. The van der Waals surface area contributed by atoms with Crippen molar-refractivity contribution in [3.05, 3.63) is 24.5 Å². The number of hydrogen-bond acceptors (Lipinski definition) is 3. The van der Waals surface area contributed by atoms with E-state index in [9.17, 15) is 0 Å². The lowest BCUT2D eigenvalue weighted by atomic mass is 10.1. The van der Waals surface area contributed by atoms with Crippen molar-refractivity contribution in [2.75, 3.05) is 12.3 Å². The van der Waals surface area contributed by atoms with E-state index < -0.39 is 0 Å². The number of aromatic nitrogens is 2. The first-order chi connectivity index (χ1) is 8.83. The van der Waals surface area contributed by atoms with Crippen LogP contribution in [0.25, 0.3) is 11.0 Å². The predicted octanol–water partition coefficient (Wildman–Crippen LogP) is 2.58. The summed E-state index contributed by atoms with van der Waals surface area (Å²) < 4.78 is 7.94. The van der Waals surface area contributed by atoms with Crippen LogP contribution in [0.3, 0.4) is 0 Å². The van der Waals surface area contributed by atoms with E-state index in [1.165, 1.54) is 19.3 Å². The summed E-state index contributed by atoms with van der Waals surface area (Å²) in [5.41, 5.74) is 8.65. The highest BCUT2D eigenvalue weighted by Crippen LogP contribution is 2.19. The van der Waals surface area contributed by atoms with Gasteiger partial charge < -0.3 is 15.0 Å². The van der Waals surface area contributed by atoms with Crippen molar-refractivity contribution in [2.45, 2.75) is 38.3 Å². The van der Waals surface area contributed by atoms with Crippen molar-refractivity contribution in [1.82, 2.24) is 9.55 Å². The number of nitrogens with two attached hydrogens (primary N) is 1. The molecule has 1 unspecified atom stereocenters. The maximum Gasteiger partial charge on any atom is 0.0958 e. The average Bonchev–Trinajstić information content (AvgIpc) is 2.80. The van der Waals surface area contributed by atoms with Crippen LogP contribution >= 0.6 is 0 Å². The first kappa shape index (κ1) is 11.5. The van der Waals surface area contributed by atoms with Crippen LogP contribution in [0.2, 0.25) is 0 Å². The molecule has 1 fully saturated rings. The zero-order chi connectivity index (χ0) is 12.4. The standard InChI is InChI=1S/C14H19N3O/c15-11-4-5-14-13(9-11)16-10-17(14)7-6-12-3-1-2-8-18-12/h4-5,9-10,12H,1-3,6-8,15H2. The van der Waals surface area contributed by atoms with Crippen LogP contribution in [0.4, 0.5) is 5.69 Å². The van der Waals surface area contributed by atoms with E-state index in [0.717, 1.165) is 36.3 Å². The van der Waals surface area contributed by atoms with E-state index in [-0.39, 0.29) is 0 Å². The predicted molar refractivity (Wildman–Crippen MR) is 72.4 cm³/mol. The molecule has 1 aliphatic heterocycles. The molecule has 0 saturated carbocycles. The third kappa shape index (κ3) is 2.34. The number of benzene rings is 1. The monoisotopic (exact) mass is 245 g/mol. The molecule has 1 aromatic heterocycles. The van der Waals surface area contributed by atoms with Gasteiger partial charge in [-0.3, -0.25) is 0 Å². The van der Waals surface area contributed by atoms with E-state index >= 15 is 0 Å². The molecule has 1 aromatic carbocycles. The molecule has 4 nitrogen and oxygen atoms in total. The third-order valence-electron chi connectivity index (χ3n) is 3.61. The van der Waals surface area contributed by atoms with Crippen molar-refractivity contribution in [3.63, 3.8) is 0 Å². The third-order valence-corrected chi connectivity index (χ3v) is 3.61. The zero-order valence-electron chi connectivity index (χ0n) is 10.5. The minimum Gasteiger partial charge on any atom is -0.399 e. The van der Waals surface area contributed by atoms with Gasteiger partial charge in [-0.25, -0.2) is 4.98 Å². The fourth-order valence-corrected chi connectivity index (χ4v) is 2.58. The van der Waals surface area contributed by atoms with E-state index in [0.29, 0.717) is 6.10 Å². The minimum absolute atomic E-state index is 0.421. The maximum absolute atomic E-state index is 5.75. The Labute approximate surface area is 107 Å². The van der Waals surface area contributed by atoms with Crippen molar-refractivity contribution >= 4 is 16.7 Å². The Bertz CT molecular complexity index is 529. The molecule has 2 N–H and O–H groups in total. The van der Waals surface area contributed by atoms with Crippen molar-refractivity contribution in [2.24, 2.45) is 0 Å². The lowest BCUT2D eigenvalue weighted by molar-refractivity contribution is 0.00897. The van der Waals surface area contributed by atoms with E-state index in [1.54, 1.807) is 0 Å². The number of aryl methyl sites for hydroxylation is 1. The molecule has 0 amide bonds. The highest BCUT2D eigenvalue weighted by Gasteiger charge is 2.14. The van der Waals surface area contributed by atoms with Gasteiger partial charge in [-0.15, -0.1) is 0 Å². The molecule has 4 heteroatoms. The smallest absolute Gasteiger partial charge is 0.0958 e. The average molecular weight is 245 g/mol. The molecule has 2 heterocycles. The molecular weight excluding hydrogens is 226 g/mol. The summed E-state index contributed by atoms with van der Waals surface area (Å²) in [6.07, 6.45) is 7.09. The number of imidazole rings is 1. The Morgan fingerprint density at radius 1 is 1.39 bits per heavy atom. The Balaban J connectivity index is 1.70. The van der Waals surface area contributed by atoms with Gasteiger partial charge in [-0.05, 0) is 43.9 Å². The number of rotatable bonds is 3. The zero-order valence-corrected chi connectivity index (χ0v) is 10.5. The molecule has 0 spiro atoms. The van der Waals surface area contributed by atoms with Gasteiger partial charge in [0, 0.05) is 18.8 Å². The van der Waals surface area contributed by atoms with E-state index in [1.807, 2.05) is 24.5 Å². The Morgan fingerprint density at radius 2 is 2.33 bits per heavy atom. The van der Waals surface area contributed by atoms with Crippen LogP contribution in [-0.4, -0.2) is 22.3 Å². The summed E-state index contributed by atoms with van der Waals surface area (Å²) in [6.45, 7) is 1.89. The Morgan fingerprint density at radius 3 is 3.17 bits per heavy atom. The highest BCUT2D eigenvalue weighted by atomic mass is 16.5. The van der Waals surface area contributed by atoms with Crippen LogP contribution in [0.1, 0.15) is 25.7 Å². The van der Waals surface area contributed by atoms with E-state index in [2.05, 4.69) is 9.55 Å². The molecule has 0 radical (unpaired) electrons. The number of fused-ring (bicyclic) bond motifs is 1. The first-order valence-corrected chi connectivity index (χ1v) is 6.65. The van der Waals surface area contributed by atoms with Crippen molar-refractivity contribution in [3.8, 4) is 0 Å². The fourth-order valence-electron chi connectivity index (χ4n) is 2.58. The maximum atomic E-state index is 5.75. The molecule has 96 valence electrons. The van der Waals surface area contributed by atoms with Gasteiger partial charge in [0.1, 0.15) is 0 Å². The number of anilines is 1. The molecular formula is C14H19N3O. The van der Waals surface area contributed by atoms with Gasteiger partial charge in [0.15, 0.2) is 0 Å². The molecule has 18 heavy (non-hydrogen) atoms. The Kier molecular flexibility index (Phi) is 3.19. The second-order valence-corrected chi connectivity index (χ2v) is 4.96. The second-order valence-electron chi connectivity index (χ2n) is 4.96. The first-order valence-electron chi connectivity index (χ1n) is 6.65. The van der Waals surface area contributed by atoms with Crippen LogP contribution in [0.15, 0.2) is 24.5 Å². The van der Waals surface area contributed by atoms with Gasteiger partial charge in [0.2, 0.25) is 0 Å². The lowest BCUT2D eigenvalue weighted by Gasteiger charge is -2.22. The molecule has 1 saturated heterocycles. The SMILES string of the molecule is Nc1ccc2c(c1)ncn2CCC1CCCCO1. The summed E-state index contributed by atoms with van der Waals surface area (Å²) in [5.74, 6) is 0. The fraction of sp³-hybridized carbons (Fsp3) is 0.500. The van der Waals surface area contributed by atoms with Crippen LogP contribution in [-0.2, 0) is 11.3 Å².